The number of carbonyl (C=O) groups excluding carboxylic acids is 1. The number of nitrogens with zero attached hydrogens (tertiary/aromatic N) is 3. The summed E-state index contributed by atoms with van der Waals surface area (Å²) < 4.78 is 2.40. The van der Waals surface area contributed by atoms with Crippen LogP contribution in [-0.2, 0) is 7.05 Å². The largest absolute Gasteiger partial charge is 0.369 e. The Morgan fingerprint density at radius 1 is 1.43 bits per heavy atom. The van der Waals surface area contributed by atoms with Crippen LogP contribution >= 0.6 is 15.9 Å². The number of nitrogens with one attached hydrogen (secondary N) is 2. The van der Waals surface area contributed by atoms with E-state index in [-0.39, 0.29) is 5.91 Å². The number of amides is 1. The van der Waals surface area contributed by atoms with E-state index >= 15 is 0 Å². The average Bonchev–Trinajstić information content (AvgIpc) is 2.75. The van der Waals surface area contributed by atoms with E-state index in [1.54, 1.807) is 24.0 Å². The molecule has 0 radical (unpaired) electrons. The van der Waals surface area contributed by atoms with Crippen molar-refractivity contribution in [3.63, 3.8) is 0 Å². The Morgan fingerprint density at radius 2 is 2.19 bits per heavy atom. The van der Waals surface area contributed by atoms with Gasteiger partial charge in [0.05, 0.1) is 11.3 Å². The quantitative estimate of drug-likeness (QED) is 0.868. The Balaban J connectivity index is 2.25. The highest BCUT2D eigenvalue weighted by atomic mass is 79.9. The van der Waals surface area contributed by atoms with Gasteiger partial charge in [-0.25, -0.2) is 4.98 Å². The van der Waals surface area contributed by atoms with Crippen molar-refractivity contribution in [2.24, 2.45) is 7.05 Å². The van der Waals surface area contributed by atoms with Crippen LogP contribution in [-0.4, -0.2) is 27.2 Å². The molecule has 0 saturated heterocycles. The van der Waals surface area contributed by atoms with Gasteiger partial charge in [-0.1, -0.05) is 6.92 Å². The van der Waals surface area contributed by atoms with Gasteiger partial charge in [0.1, 0.15) is 11.6 Å². The molecule has 1 amide bonds. The number of hydrogen-bond donors (Lipinski definition) is 2. The number of rotatable bonds is 5. The third-order valence-electron chi connectivity index (χ3n) is 2.88. The van der Waals surface area contributed by atoms with Crippen molar-refractivity contribution in [2.45, 2.75) is 20.3 Å². The van der Waals surface area contributed by atoms with Crippen molar-refractivity contribution in [2.75, 3.05) is 17.2 Å². The molecule has 2 heterocycles. The van der Waals surface area contributed by atoms with Gasteiger partial charge in [-0.2, -0.15) is 5.10 Å². The molecule has 0 bridgehead atoms. The summed E-state index contributed by atoms with van der Waals surface area (Å²) in [5.41, 5.74) is 1.35. The van der Waals surface area contributed by atoms with Gasteiger partial charge in [-0.05, 0) is 35.3 Å². The first-order chi connectivity index (χ1) is 10.0. The molecule has 2 aromatic rings. The van der Waals surface area contributed by atoms with E-state index in [0.29, 0.717) is 17.2 Å². The Morgan fingerprint density at radius 3 is 2.81 bits per heavy atom. The third kappa shape index (κ3) is 3.81. The molecular weight excluding hydrogens is 334 g/mol. The first-order valence-corrected chi connectivity index (χ1v) is 7.52. The molecule has 0 aliphatic heterocycles. The van der Waals surface area contributed by atoms with E-state index in [0.717, 1.165) is 23.1 Å². The van der Waals surface area contributed by atoms with Gasteiger partial charge in [-0.3, -0.25) is 9.48 Å². The zero-order valence-corrected chi connectivity index (χ0v) is 13.9. The lowest BCUT2D eigenvalue weighted by Gasteiger charge is -2.11. The Kier molecular flexibility index (Phi) is 4.95. The molecule has 2 rings (SSSR count). The zero-order chi connectivity index (χ0) is 15.4. The smallest absolute Gasteiger partial charge is 0.260 e. The molecule has 0 saturated carbocycles. The third-order valence-corrected chi connectivity index (χ3v) is 3.32. The summed E-state index contributed by atoms with van der Waals surface area (Å²) in [4.78, 5) is 16.7. The fraction of sp³-hybridized carbons (Fsp3) is 0.357. The molecule has 0 fully saturated rings. The van der Waals surface area contributed by atoms with Crippen molar-refractivity contribution in [3.05, 3.63) is 34.1 Å². The molecule has 7 heteroatoms. The van der Waals surface area contributed by atoms with Crippen molar-refractivity contribution in [3.8, 4) is 0 Å². The second-order valence-corrected chi connectivity index (χ2v) is 5.64. The van der Waals surface area contributed by atoms with Crippen LogP contribution in [0.2, 0.25) is 0 Å². The summed E-state index contributed by atoms with van der Waals surface area (Å²) in [6.07, 6.45) is 2.63. The van der Waals surface area contributed by atoms with Crippen molar-refractivity contribution in [1.29, 1.82) is 0 Å². The van der Waals surface area contributed by atoms with Gasteiger partial charge in [-0.15, -0.1) is 0 Å². The molecule has 0 spiro atoms. The number of halogens is 1. The molecule has 112 valence electrons. The van der Waals surface area contributed by atoms with Crippen LogP contribution in [0.5, 0.6) is 0 Å². The Labute approximate surface area is 132 Å². The van der Waals surface area contributed by atoms with Gasteiger partial charge in [0.25, 0.3) is 5.91 Å². The maximum Gasteiger partial charge on any atom is 0.260 e. The maximum atomic E-state index is 12.5. The van der Waals surface area contributed by atoms with Crippen LogP contribution in [0, 0.1) is 6.92 Å². The van der Waals surface area contributed by atoms with Crippen LogP contribution in [0.15, 0.2) is 22.8 Å². The molecule has 21 heavy (non-hydrogen) atoms. The maximum absolute atomic E-state index is 12.5. The number of pyridine rings is 1. The lowest BCUT2D eigenvalue weighted by Crippen LogP contribution is -2.17. The number of aryl methyl sites for hydroxylation is 2. The number of hydrogen-bond acceptors (Lipinski definition) is 4. The highest BCUT2D eigenvalue weighted by Crippen LogP contribution is 2.20. The van der Waals surface area contributed by atoms with Crippen LogP contribution in [0.1, 0.15) is 29.4 Å². The fourth-order valence-corrected chi connectivity index (χ4v) is 2.24. The minimum Gasteiger partial charge on any atom is -0.369 e. The predicted molar refractivity (Wildman–Crippen MR) is 86.6 cm³/mol. The molecule has 0 unspecified atom stereocenters. The minimum atomic E-state index is -0.217. The van der Waals surface area contributed by atoms with E-state index in [1.165, 1.54) is 0 Å². The first kappa shape index (κ1) is 15.5. The highest BCUT2D eigenvalue weighted by molar-refractivity contribution is 9.10. The molecule has 0 aliphatic carbocycles. The average molecular weight is 352 g/mol. The topological polar surface area (TPSA) is 71.8 Å². The number of aromatic nitrogens is 3. The van der Waals surface area contributed by atoms with E-state index in [9.17, 15) is 4.79 Å². The van der Waals surface area contributed by atoms with Crippen LogP contribution < -0.4 is 10.6 Å². The van der Waals surface area contributed by atoms with E-state index in [2.05, 4.69) is 43.6 Å². The van der Waals surface area contributed by atoms with Crippen LogP contribution in [0.4, 0.5) is 11.6 Å². The second-order valence-electron chi connectivity index (χ2n) is 4.73. The number of carbonyl (C=O) groups is 1. The van der Waals surface area contributed by atoms with Crippen LogP contribution in [0.25, 0.3) is 0 Å². The SMILES string of the molecule is CCCNc1ncc(Br)cc1C(=O)Nc1cc(C)nn1C. The van der Waals surface area contributed by atoms with E-state index in [1.807, 2.05) is 13.0 Å². The van der Waals surface area contributed by atoms with Crippen molar-refractivity contribution in [1.82, 2.24) is 14.8 Å². The summed E-state index contributed by atoms with van der Waals surface area (Å²) in [5.74, 6) is 1.01. The summed E-state index contributed by atoms with van der Waals surface area (Å²) in [6, 6.07) is 3.58. The lowest BCUT2D eigenvalue weighted by atomic mass is 10.2. The number of anilines is 2. The molecular formula is C14H18BrN5O. The minimum absolute atomic E-state index is 0.217. The van der Waals surface area contributed by atoms with E-state index in [4.69, 9.17) is 0 Å². The predicted octanol–water partition coefficient (Wildman–Crippen LogP) is 2.96. The van der Waals surface area contributed by atoms with Gasteiger partial charge < -0.3 is 10.6 Å². The summed E-state index contributed by atoms with van der Waals surface area (Å²) in [6.45, 7) is 4.70. The molecule has 2 N–H and O–H groups in total. The fourth-order valence-electron chi connectivity index (χ4n) is 1.91. The highest BCUT2D eigenvalue weighted by Gasteiger charge is 2.15. The Hall–Kier alpha value is -1.89. The Bertz CT molecular complexity index is 653. The van der Waals surface area contributed by atoms with Gasteiger partial charge in [0, 0.05) is 30.3 Å². The molecule has 0 aromatic carbocycles. The summed E-state index contributed by atoms with van der Waals surface area (Å²) in [7, 11) is 1.79. The van der Waals surface area contributed by atoms with Gasteiger partial charge in [0.2, 0.25) is 0 Å². The molecule has 0 atom stereocenters. The molecule has 6 nitrogen and oxygen atoms in total. The summed E-state index contributed by atoms with van der Waals surface area (Å²) >= 11 is 3.35. The summed E-state index contributed by atoms with van der Waals surface area (Å²) in [5, 5.41) is 10.2. The van der Waals surface area contributed by atoms with Gasteiger partial charge >= 0.3 is 0 Å². The van der Waals surface area contributed by atoms with Crippen molar-refractivity contribution < 1.29 is 4.79 Å². The zero-order valence-electron chi connectivity index (χ0n) is 12.3. The first-order valence-electron chi connectivity index (χ1n) is 6.72. The molecule has 0 aliphatic rings. The lowest BCUT2D eigenvalue weighted by molar-refractivity contribution is 0.102. The second kappa shape index (κ2) is 6.71. The van der Waals surface area contributed by atoms with Gasteiger partial charge in [0.15, 0.2) is 0 Å². The van der Waals surface area contributed by atoms with Crippen LogP contribution in [0.3, 0.4) is 0 Å². The monoisotopic (exact) mass is 351 g/mol. The normalized spacial score (nSPS) is 10.5. The standard InChI is InChI=1S/C14H18BrN5O/c1-4-5-16-13-11(7-10(15)8-17-13)14(21)18-12-6-9(2)19-20(12)3/h6-8H,4-5H2,1-3H3,(H,16,17)(H,18,21). The van der Waals surface area contributed by atoms with Crippen molar-refractivity contribution >= 4 is 33.5 Å². The molecule has 2 aromatic heterocycles. The van der Waals surface area contributed by atoms with E-state index < -0.39 is 0 Å².